The number of likely N-dealkylation sites (tertiary alicyclic amines) is 1. The minimum Gasteiger partial charge on any atom is -0.468 e. The molecule has 1 aliphatic heterocycles. The van der Waals surface area contributed by atoms with Gasteiger partial charge < -0.3 is 14.3 Å². The third kappa shape index (κ3) is 3.66. The molecule has 0 aliphatic carbocycles. The van der Waals surface area contributed by atoms with Crippen LogP contribution in [0.3, 0.4) is 0 Å². The molecular weight excluding hydrogens is 342 g/mol. The van der Waals surface area contributed by atoms with Gasteiger partial charge >= 0.3 is 0 Å². The maximum absolute atomic E-state index is 12.9. The number of carbonyl (C=O) groups is 1. The Bertz CT molecular complexity index is 881. The monoisotopic (exact) mass is 365 g/mol. The number of aryl methyl sites for hydroxylation is 1. The summed E-state index contributed by atoms with van der Waals surface area (Å²) in [5, 5.41) is 7.16. The highest BCUT2D eigenvalue weighted by molar-refractivity contribution is 6.00. The zero-order valence-corrected chi connectivity index (χ0v) is 15.4. The van der Waals surface area contributed by atoms with E-state index in [0.717, 1.165) is 24.4 Å². The molecule has 0 saturated carbocycles. The maximum Gasteiger partial charge on any atom is 0.257 e. The third-order valence-corrected chi connectivity index (χ3v) is 5.05. The van der Waals surface area contributed by atoms with E-state index in [4.69, 9.17) is 8.94 Å². The van der Waals surface area contributed by atoms with Crippen molar-refractivity contribution in [2.24, 2.45) is 0 Å². The van der Waals surface area contributed by atoms with Gasteiger partial charge in [-0.1, -0.05) is 35.5 Å². The minimum atomic E-state index is -0.177. The molecule has 3 aromatic rings. The van der Waals surface area contributed by atoms with Crippen molar-refractivity contribution in [3.8, 4) is 11.3 Å². The van der Waals surface area contributed by atoms with Crippen LogP contribution in [0.4, 0.5) is 0 Å². The zero-order valence-electron chi connectivity index (χ0n) is 15.4. The average molecular weight is 365 g/mol. The summed E-state index contributed by atoms with van der Waals surface area (Å²) in [6.07, 6.45) is 4.03. The predicted octanol–water partition coefficient (Wildman–Crippen LogP) is 3.81. The molecule has 4 rings (SSSR count). The summed E-state index contributed by atoms with van der Waals surface area (Å²) in [7, 11) is 0. The van der Waals surface area contributed by atoms with E-state index in [9.17, 15) is 4.79 Å². The second-order valence-corrected chi connectivity index (χ2v) is 6.81. The Balaban J connectivity index is 1.53. The average Bonchev–Trinajstić information content (AvgIpc) is 3.45. The molecule has 6 nitrogen and oxygen atoms in total. The molecule has 1 unspecified atom stereocenters. The van der Waals surface area contributed by atoms with Crippen molar-refractivity contribution in [1.82, 2.24) is 15.4 Å². The highest BCUT2D eigenvalue weighted by atomic mass is 16.5. The standard InChI is InChI=1S/C21H23N3O3/c1-15-19(20(23-27-15)16-8-3-2-4-9-16)21(25)22-14-17(18-10-7-13-26-18)24-11-5-6-12-24/h2-4,7-10,13,17H,5-6,11-12,14H2,1H3,(H,22,25). The highest BCUT2D eigenvalue weighted by Gasteiger charge is 2.27. The maximum atomic E-state index is 12.9. The van der Waals surface area contributed by atoms with Gasteiger partial charge in [0.05, 0.1) is 12.3 Å². The molecule has 1 fully saturated rings. The Labute approximate surface area is 158 Å². The van der Waals surface area contributed by atoms with Crippen LogP contribution in [0.2, 0.25) is 0 Å². The van der Waals surface area contributed by atoms with E-state index in [1.807, 2.05) is 42.5 Å². The van der Waals surface area contributed by atoms with Crippen LogP contribution >= 0.6 is 0 Å². The molecule has 2 aromatic heterocycles. The number of nitrogens with zero attached hydrogens (tertiary/aromatic N) is 2. The second kappa shape index (κ2) is 7.80. The van der Waals surface area contributed by atoms with Crippen LogP contribution < -0.4 is 5.32 Å². The normalized spacial score (nSPS) is 15.7. The number of furan rings is 1. The molecule has 1 atom stereocenters. The van der Waals surface area contributed by atoms with Crippen LogP contribution in [0.25, 0.3) is 11.3 Å². The van der Waals surface area contributed by atoms with Gasteiger partial charge in [0, 0.05) is 12.1 Å². The van der Waals surface area contributed by atoms with Gasteiger partial charge in [-0.05, 0) is 45.0 Å². The van der Waals surface area contributed by atoms with E-state index in [1.165, 1.54) is 12.8 Å². The molecule has 0 spiro atoms. The van der Waals surface area contributed by atoms with Crippen LogP contribution in [0.5, 0.6) is 0 Å². The number of aromatic nitrogens is 1. The van der Waals surface area contributed by atoms with Crippen molar-refractivity contribution in [2.75, 3.05) is 19.6 Å². The van der Waals surface area contributed by atoms with E-state index in [2.05, 4.69) is 15.4 Å². The second-order valence-electron chi connectivity index (χ2n) is 6.81. The van der Waals surface area contributed by atoms with E-state index in [1.54, 1.807) is 13.2 Å². The van der Waals surface area contributed by atoms with E-state index in [0.29, 0.717) is 23.6 Å². The first-order valence-electron chi connectivity index (χ1n) is 9.31. The van der Waals surface area contributed by atoms with Crippen molar-refractivity contribution >= 4 is 5.91 Å². The fraction of sp³-hybridized carbons (Fsp3) is 0.333. The van der Waals surface area contributed by atoms with Crippen LogP contribution in [-0.2, 0) is 0 Å². The Kier molecular flexibility index (Phi) is 5.07. The van der Waals surface area contributed by atoms with Gasteiger partial charge in [-0.2, -0.15) is 0 Å². The molecule has 27 heavy (non-hydrogen) atoms. The largest absolute Gasteiger partial charge is 0.468 e. The van der Waals surface area contributed by atoms with Gasteiger partial charge in [-0.3, -0.25) is 9.69 Å². The first-order valence-corrected chi connectivity index (χ1v) is 9.31. The molecule has 1 N–H and O–H groups in total. The Morgan fingerprint density at radius 1 is 1.19 bits per heavy atom. The summed E-state index contributed by atoms with van der Waals surface area (Å²) in [5.41, 5.74) is 1.92. The van der Waals surface area contributed by atoms with Crippen LogP contribution in [0, 0.1) is 6.92 Å². The molecule has 0 bridgehead atoms. The zero-order chi connectivity index (χ0) is 18.6. The predicted molar refractivity (Wildman–Crippen MR) is 101 cm³/mol. The molecular formula is C21H23N3O3. The van der Waals surface area contributed by atoms with Crippen LogP contribution in [0.1, 0.15) is 40.8 Å². The van der Waals surface area contributed by atoms with Crippen LogP contribution in [-0.4, -0.2) is 35.6 Å². The Morgan fingerprint density at radius 3 is 2.67 bits per heavy atom. The van der Waals surface area contributed by atoms with Gasteiger partial charge in [0.15, 0.2) is 0 Å². The SMILES string of the molecule is Cc1onc(-c2ccccc2)c1C(=O)NCC(c1ccco1)N1CCCC1. The quantitative estimate of drug-likeness (QED) is 0.719. The highest BCUT2D eigenvalue weighted by Crippen LogP contribution is 2.27. The number of hydrogen-bond acceptors (Lipinski definition) is 5. The number of nitrogens with one attached hydrogen (secondary N) is 1. The van der Waals surface area contributed by atoms with Gasteiger partial charge in [-0.25, -0.2) is 0 Å². The minimum absolute atomic E-state index is 0.0341. The molecule has 0 radical (unpaired) electrons. The van der Waals surface area contributed by atoms with Gasteiger partial charge in [0.25, 0.3) is 5.91 Å². The van der Waals surface area contributed by atoms with Gasteiger partial charge in [0.2, 0.25) is 0 Å². The molecule has 1 saturated heterocycles. The van der Waals surface area contributed by atoms with Crippen molar-refractivity contribution in [3.63, 3.8) is 0 Å². The Hall–Kier alpha value is -2.86. The van der Waals surface area contributed by atoms with E-state index in [-0.39, 0.29) is 11.9 Å². The summed E-state index contributed by atoms with van der Waals surface area (Å²) in [5.74, 6) is 1.22. The van der Waals surface area contributed by atoms with E-state index >= 15 is 0 Å². The molecule has 1 aliphatic rings. The first-order chi connectivity index (χ1) is 13.2. The third-order valence-electron chi connectivity index (χ3n) is 5.05. The topological polar surface area (TPSA) is 71.5 Å². The summed E-state index contributed by atoms with van der Waals surface area (Å²) in [6, 6.07) is 13.5. The number of amides is 1. The summed E-state index contributed by atoms with van der Waals surface area (Å²) < 4.78 is 10.9. The van der Waals surface area contributed by atoms with Gasteiger partial charge in [-0.15, -0.1) is 0 Å². The smallest absolute Gasteiger partial charge is 0.257 e. The summed E-state index contributed by atoms with van der Waals surface area (Å²) in [4.78, 5) is 15.3. The number of rotatable bonds is 6. The lowest BCUT2D eigenvalue weighted by Crippen LogP contribution is -2.36. The van der Waals surface area contributed by atoms with Crippen molar-refractivity contribution in [1.29, 1.82) is 0 Å². The summed E-state index contributed by atoms with van der Waals surface area (Å²) in [6.45, 7) is 4.27. The summed E-state index contributed by atoms with van der Waals surface area (Å²) >= 11 is 0. The lowest BCUT2D eigenvalue weighted by molar-refractivity contribution is 0.0933. The molecule has 1 aromatic carbocycles. The van der Waals surface area contributed by atoms with Crippen molar-refractivity contribution in [3.05, 3.63) is 65.8 Å². The van der Waals surface area contributed by atoms with E-state index < -0.39 is 0 Å². The fourth-order valence-corrected chi connectivity index (χ4v) is 3.65. The van der Waals surface area contributed by atoms with Crippen molar-refractivity contribution < 1.29 is 13.7 Å². The lowest BCUT2D eigenvalue weighted by atomic mass is 10.1. The molecule has 140 valence electrons. The number of benzene rings is 1. The van der Waals surface area contributed by atoms with Crippen molar-refractivity contribution in [2.45, 2.75) is 25.8 Å². The van der Waals surface area contributed by atoms with Crippen LogP contribution in [0.15, 0.2) is 57.7 Å². The fourth-order valence-electron chi connectivity index (χ4n) is 3.65. The number of carbonyl (C=O) groups excluding carboxylic acids is 1. The van der Waals surface area contributed by atoms with Gasteiger partial charge in [0.1, 0.15) is 22.8 Å². The lowest BCUT2D eigenvalue weighted by Gasteiger charge is -2.26. The molecule has 3 heterocycles. The Morgan fingerprint density at radius 2 is 1.96 bits per heavy atom. The number of hydrogen-bond donors (Lipinski definition) is 1. The molecule has 6 heteroatoms. The first kappa shape index (κ1) is 17.5. The molecule has 1 amide bonds.